The first-order valence-electron chi connectivity index (χ1n) is 8.49. The Hall–Kier alpha value is -1.55. The van der Waals surface area contributed by atoms with Crippen molar-refractivity contribution in [2.45, 2.75) is 45.8 Å². The minimum absolute atomic E-state index is 0. The molecule has 0 spiro atoms. The SMILES string of the molecule is CN=C(NCCCOCc1ccco1)NCc1ncc(C(C)(C)C)o1.I. The summed E-state index contributed by atoms with van der Waals surface area (Å²) in [7, 11) is 1.74. The topological polar surface area (TPSA) is 84.8 Å². The van der Waals surface area contributed by atoms with E-state index in [-0.39, 0.29) is 29.4 Å². The van der Waals surface area contributed by atoms with Crippen molar-refractivity contribution >= 4 is 29.9 Å². The van der Waals surface area contributed by atoms with Gasteiger partial charge in [-0.15, -0.1) is 24.0 Å². The zero-order valence-electron chi connectivity index (χ0n) is 15.9. The van der Waals surface area contributed by atoms with Crippen molar-refractivity contribution in [1.82, 2.24) is 15.6 Å². The maximum Gasteiger partial charge on any atom is 0.213 e. The number of nitrogens with one attached hydrogen (secondary N) is 2. The lowest BCUT2D eigenvalue weighted by Gasteiger charge is -2.13. The predicted molar refractivity (Wildman–Crippen MR) is 112 cm³/mol. The Morgan fingerprint density at radius 3 is 2.73 bits per heavy atom. The fourth-order valence-corrected chi connectivity index (χ4v) is 2.07. The zero-order valence-corrected chi connectivity index (χ0v) is 18.2. The number of halogens is 1. The predicted octanol–water partition coefficient (Wildman–Crippen LogP) is 3.46. The monoisotopic (exact) mass is 476 g/mol. The summed E-state index contributed by atoms with van der Waals surface area (Å²) in [5.74, 6) is 3.07. The van der Waals surface area contributed by atoms with Crippen LogP contribution in [0, 0.1) is 0 Å². The van der Waals surface area contributed by atoms with Crippen LogP contribution in [-0.2, 0) is 23.3 Å². The van der Waals surface area contributed by atoms with Crippen LogP contribution in [0.5, 0.6) is 0 Å². The smallest absolute Gasteiger partial charge is 0.213 e. The molecule has 0 atom stereocenters. The quantitative estimate of drug-likeness (QED) is 0.263. The van der Waals surface area contributed by atoms with E-state index < -0.39 is 0 Å². The van der Waals surface area contributed by atoms with Crippen molar-refractivity contribution in [3.05, 3.63) is 42.0 Å². The molecule has 146 valence electrons. The number of oxazole rings is 1. The molecule has 0 aliphatic rings. The Labute approximate surface area is 172 Å². The standard InChI is InChI=1S/C18H28N4O3.HI/c1-18(2,3)15-11-21-16(25-15)12-22-17(19-4)20-8-6-9-23-13-14-7-5-10-24-14;/h5,7,10-11H,6,8-9,12-13H2,1-4H3,(H2,19,20,22);1H. The molecule has 2 aromatic heterocycles. The van der Waals surface area contributed by atoms with Gasteiger partial charge in [0.1, 0.15) is 18.1 Å². The lowest BCUT2D eigenvalue weighted by Crippen LogP contribution is -2.37. The molecule has 0 saturated heterocycles. The first-order chi connectivity index (χ1) is 12.0. The van der Waals surface area contributed by atoms with Crippen molar-refractivity contribution in [1.29, 1.82) is 0 Å². The number of nitrogens with zero attached hydrogens (tertiary/aromatic N) is 2. The van der Waals surface area contributed by atoms with Crippen LogP contribution in [0.15, 0.2) is 38.4 Å². The van der Waals surface area contributed by atoms with Crippen LogP contribution >= 0.6 is 24.0 Å². The molecule has 0 amide bonds. The normalized spacial score (nSPS) is 11.9. The molecule has 0 bridgehead atoms. The number of aromatic nitrogens is 1. The number of furan rings is 1. The highest BCUT2D eigenvalue weighted by molar-refractivity contribution is 14.0. The fourth-order valence-electron chi connectivity index (χ4n) is 2.07. The molecular weight excluding hydrogens is 447 g/mol. The van der Waals surface area contributed by atoms with E-state index in [1.807, 2.05) is 12.1 Å². The molecule has 26 heavy (non-hydrogen) atoms. The molecule has 7 nitrogen and oxygen atoms in total. The Balaban J connectivity index is 0.00000338. The van der Waals surface area contributed by atoms with Gasteiger partial charge in [-0.1, -0.05) is 20.8 Å². The number of ether oxygens (including phenoxy) is 1. The summed E-state index contributed by atoms with van der Waals surface area (Å²) in [6, 6.07) is 3.76. The summed E-state index contributed by atoms with van der Waals surface area (Å²) in [4.78, 5) is 8.48. The van der Waals surface area contributed by atoms with Gasteiger partial charge in [-0.25, -0.2) is 4.98 Å². The van der Waals surface area contributed by atoms with Gasteiger partial charge in [-0.2, -0.15) is 0 Å². The van der Waals surface area contributed by atoms with E-state index in [1.165, 1.54) is 0 Å². The third-order valence-corrected chi connectivity index (χ3v) is 3.51. The first-order valence-corrected chi connectivity index (χ1v) is 8.49. The molecule has 2 heterocycles. The summed E-state index contributed by atoms with van der Waals surface area (Å²) >= 11 is 0. The number of hydrogen-bond acceptors (Lipinski definition) is 5. The van der Waals surface area contributed by atoms with Crippen molar-refractivity contribution in [3.63, 3.8) is 0 Å². The third-order valence-electron chi connectivity index (χ3n) is 3.51. The molecular formula is C18H29IN4O3. The van der Waals surface area contributed by atoms with Crippen molar-refractivity contribution in [3.8, 4) is 0 Å². The molecule has 2 N–H and O–H groups in total. The summed E-state index contributed by atoms with van der Waals surface area (Å²) in [5.41, 5.74) is -0.0409. The highest BCUT2D eigenvalue weighted by Crippen LogP contribution is 2.22. The summed E-state index contributed by atoms with van der Waals surface area (Å²) in [6.07, 6.45) is 4.30. The molecule has 0 aliphatic carbocycles. The van der Waals surface area contributed by atoms with E-state index >= 15 is 0 Å². The van der Waals surface area contributed by atoms with Crippen LogP contribution in [0.3, 0.4) is 0 Å². The average molecular weight is 476 g/mol. The first kappa shape index (κ1) is 22.5. The second-order valence-electron chi connectivity index (χ2n) is 6.71. The van der Waals surface area contributed by atoms with Crippen LogP contribution < -0.4 is 10.6 Å². The summed E-state index contributed by atoms with van der Waals surface area (Å²) < 4.78 is 16.5. The van der Waals surface area contributed by atoms with Gasteiger partial charge < -0.3 is 24.2 Å². The second kappa shape index (κ2) is 11.2. The lowest BCUT2D eigenvalue weighted by atomic mass is 9.94. The largest absolute Gasteiger partial charge is 0.467 e. The summed E-state index contributed by atoms with van der Waals surface area (Å²) in [5, 5.41) is 6.43. The van der Waals surface area contributed by atoms with E-state index in [1.54, 1.807) is 19.5 Å². The van der Waals surface area contributed by atoms with Crippen LogP contribution in [0.4, 0.5) is 0 Å². The molecule has 0 aromatic carbocycles. The molecule has 0 unspecified atom stereocenters. The number of guanidine groups is 1. The molecule has 2 rings (SSSR count). The zero-order chi connectivity index (χ0) is 18.1. The third kappa shape index (κ3) is 7.77. The van der Waals surface area contributed by atoms with Crippen LogP contribution in [0.1, 0.15) is 44.6 Å². The molecule has 0 saturated carbocycles. The van der Waals surface area contributed by atoms with Gasteiger partial charge in [0.05, 0.1) is 19.0 Å². The Morgan fingerprint density at radius 1 is 1.31 bits per heavy atom. The maximum atomic E-state index is 5.75. The Bertz CT molecular complexity index is 648. The maximum absolute atomic E-state index is 5.75. The fraction of sp³-hybridized carbons (Fsp3) is 0.556. The number of aliphatic imine (C=N–C) groups is 1. The van der Waals surface area contributed by atoms with Gasteiger partial charge in [0.25, 0.3) is 0 Å². The minimum atomic E-state index is -0.0409. The number of hydrogen-bond donors (Lipinski definition) is 2. The highest BCUT2D eigenvalue weighted by Gasteiger charge is 2.19. The number of rotatable bonds is 8. The van der Waals surface area contributed by atoms with E-state index in [0.29, 0.717) is 31.6 Å². The molecule has 0 fully saturated rings. The van der Waals surface area contributed by atoms with Crippen molar-refractivity contribution < 1.29 is 13.6 Å². The summed E-state index contributed by atoms with van der Waals surface area (Å²) in [6.45, 7) is 8.69. The van der Waals surface area contributed by atoms with Gasteiger partial charge in [-0.3, -0.25) is 4.99 Å². The van der Waals surface area contributed by atoms with Gasteiger partial charge in [0.2, 0.25) is 5.89 Å². The molecule has 2 aromatic rings. The Kier molecular flexibility index (Phi) is 9.71. The van der Waals surface area contributed by atoms with E-state index in [4.69, 9.17) is 13.6 Å². The van der Waals surface area contributed by atoms with Gasteiger partial charge in [0, 0.05) is 25.6 Å². The highest BCUT2D eigenvalue weighted by atomic mass is 127. The van der Waals surface area contributed by atoms with E-state index in [2.05, 4.69) is 41.4 Å². The molecule has 0 aliphatic heterocycles. The van der Waals surface area contributed by atoms with Crippen molar-refractivity contribution in [2.75, 3.05) is 20.2 Å². The molecule has 8 heteroatoms. The lowest BCUT2D eigenvalue weighted by molar-refractivity contribution is 0.105. The Morgan fingerprint density at radius 2 is 2.12 bits per heavy atom. The van der Waals surface area contributed by atoms with Crippen LogP contribution in [-0.4, -0.2) is 31.1 Å². The van der Waals surface area contributed by atoms with Gasteiger partial charge in [0.15, 0.2) is 5.96 Å². The van der Waals surface area contributed by atoms with E-state index in [0.717, 1.165) is 24.5 Å². The second-order valence-corrected chi connectivity index (χ2v) is 6.71. The van der Waals surface area contributed by atoms with Crippen LogP contribution in [0.2, 0.25) is 0 Å². The van der Waals surface area contributed by atoms with Gasteiger partial charge in [-0.05, 0) is 18.6 Å². The average Bonchev–Trinajstić information content (AvgIpc) is 3.24. The van der Waals surface area contributed by atoms with Gasteiger partial charge >= 0.3 is 0 Å². The van der Waals surface area contributed by atoms with E-state index in [9.17, 15) is 0 Å². The molecule has 0 radical (unpaired) electrons. The van der Waals surface area contributed by atoms with Crippen molar-refractivity contribution in [2.24, 2.45) is 4.99 Å². The van der Waals surface area contributed by atoms with Crippen LogP contribution in [0.25, 0.3) is 0 Å². The minimum Gasteiger partial charge on any atom is -0.467 e.